The molecule has 2 aliphatic heterocycles. The fourth-order valence-electron chi connectivity index (χ4n) is 3.42. The molecular formula is C16H21NO2. The Bertz CT molecular complexity index is 459. The lowest BCUT2D eigenvalue weighted by atomic mass is 10.0. The van der Waals surface area contributed by atoms with Crippen LogP contribution in [0.5, 0.6) is 0 Å². The fourth-order valence-corrected chi connectivity index (χ4v) is 3.42. The number of carbonyl (C=O) groups is 1. The molecule has 2 heterocycles. The third-order valence-electron chi connectivity index (χ3n) is 4.47. The molecular weight excluding hydrogens is 238 g/mol. The molecule has 2 atom stereocenters. The van der Waals surface area contributed by atoms with E-state index in [9.17, 15) is 4.79 Å². The highest BCUT2D eigenvalue weighted by atomic mass is 16.5. The lowest BCUT2D eigenvalue weighted by Gasteiger charge is -2.37. The van der Waals surface area contributed by atoms with Crippen LogP contribution in [0.4, 0.5) is 0 Å². The second-order valence-corrected chi connectivity index (χ2v) is 5.51. The van der Waals surface area contributed by atoms with Crippen molar-refractivity contribution in [3.8, 4) is 0 Å². The molecule has 0 aromatic heterocycles. The van der Waals surface area contributed by atoms with Crippen molar-refractivity contribution < 1.29 is 9.53 Å². The number of rotatable bonds is 2. The van der Waals surface area contributed by atoms with Crippen LogP contribution in [-0.2, 0) is 9.53 Å². The minimum atomic E-state index is -0.353. The Morgan fingerprint density at radius 3 is 2.84 bits per heavy atom. The van der Waals surface area contributed by atoms with Crippen molar-refractivity contribution in [3.63, 3.8) is 0 Å². The molecule has 1 aromatic rings. The first kappa shape index (κ1) is 12.7. The van der Waals surface area contributed by atoms with Gasteiger partial charge in [0.2, 0.25) is 5.91 Å². The van der Waals surface area contributed by atoms with Crippen LogP contribution in [0.1, 0.15) is 50.6 Å². The van der Waals surface area contributed by atoms with E-state index >= 15 is 0 Å². The summed E-state index contributed by atoms with van der Waals surface area (Å²) in [7, 11) is 0. The Hall–Kier alpha value is -1.35. The van der Waals surface area contributed by atoms with E-state index in [0.717, 1.165) is 25.7 Å². The van der Waals surface area contributed by atoms with Crippen molar-refractivity contribution in [2.24, 2.45) is 0 Å². The second kappa shape index (κ2) is 4.97. The first-order valence-corrected chi connectivity index (χ1v) is 7.28. The Kier molecular flexibility index (Phi) is 3.31. The highest BCUT2D eigenvalue weighted by molar-refractivity contribution is 5.78. The maximum Gasteiger partial charge on any atom is 0.225 e. The number of benzene rings is 1. The summed E-state index contributed by atoms with van der Waals surface area (Å²) in [5, 5.41) is 0. The van der Waals surface area contributed by atoms with Crippen LogP contribution in [0.25, 0.3) is 0 Å². The largest absolute Gasteiger partial charge is 0.353 e. The third-order valence-corrected chi connectivity index (χ3v) is 4.47. The van der Waals surface area contributed by atoms with E-state index in [-0.39, 0.29) is 17.7 Å². The quantitative estimate of drug-likeness (QED) is 0.815. The van der Waals surface area contributed by atoms with Gasteiger partial charge in [0.25, 0.3) is 0 Å². The summed E-state index contributed by atoms with van der Waals surface area (Å²) in [4.78, 5) is 14.5. The molecule has 0 unspecified atom stereocenters. The Morgan fingerprint density at radius 1 is 1.32 bits per heavy atom. The molecule has 102 valence electrons. The molecule has 2 aliphatic rings. The van der Waals surface area contributed by atoms with E-state index in [0.29, 0.717) is 13.0 Å². The maximum absolute atomic E-state index is 12.5. The number of nitrogens with zero attached hydrogens (tertiary/aromatic N) is 1. The van der Waals surface area contributed by atoms with Gasteiger partial charge in [-0.05, 0) is 31.2 Å². The van der Waals surface area contributed by atoms with Crippen LogP contribution in [0, 0.1) is 0 Å². The summed E-state index contributed by atoms with van der Waals surface area (Å²) in [6.07, 6.45) is 4.58. The zero-order valence-electron chi connectivity index (χ0n) is 11.5. The topological polar surface area (TPSA) is 29.5 Å². The summed E-state index contributed by atoms with van der Waals surface area (Å²) in [5.41, 5.74) is 0.835. The van der Waals surface area contributed by atoms with Gasteiger partial charge in [0, 0.05) is 6.42 Å². The summed E-state index contributed by atoms with van der Waals surface area (Å²) in [5.74, 6) is 0.255. The van der Waals surface area contributed by atoms with Crippen molar-refractivity contribution in [2.75, 3.05) is 6.61 Å². The molecule has 3 nitrogen and oxygen atoms in total. The molecule has 0 aliphatic carbocycles. The monoisotopic (exact) mass is 259 g/mol. The Morgan fingerprint density at radius 2 is 2.11 bits per heavy atom. The highest BCUT2D eigenvalue weighted by Gasteiger charge is 2.49. The van der Waals surface area contributed by atoms with E-state index in [1.54, 1.807) is 0 Å². The average molecular weight is 259 g/mol. The van der Waals surface area contributed by atoms with Crippen LogP contribution < -0.4 is 0 Å². The van der Waals surface area contributed by atoms with Crippen molar-refractivity contribution in [2.45, 2.75) is 50.8 Å². The zero-order chi connectivity index (χ0) is 13.3. The first-order chi connectivity index (χ1) is 9.27. The molecule has 3 rings (SSSR count). The molecule has 0 bridgehead atoms. The molecule has 0 saturated carbocycles. The molecule has 2 fully saturated rings. The third kappa shape index (κ3) is 2.06. The van der Waals surface area contributed by atoms with Crippen molar-refractivity contribution >= 4 is 5.91 Å². The summed E-state index contributed by atoms with van der Waals surface area (Å²) in [6, 6.07) is 10.4. The number of carbonyl (C=O) groups excluding carboxylic acids is 1. The van der Waals surface area contributed by atoms with Gasteiger partial charge in [0.15, 0.2) is 0 Å². The number of fused-ring (bicyclic) bond motifs is 1. The standard InChI is InChI=1S/C16H21NO2/c1-2-16-11-7-6-10-15(18)17(16)14(12-19-16)13-8-4-3-5-9-13/h3-5,8-9,14H,2,6-7,10-12H2,1H3/t14-,16-/m0/s1. The van der Waals surface area contributed by atoms with Crippen LogP contribution in [0.3, 0.4) is 0 Å². The SMILES string of the molecule is CC[C@]12CCCCC(=O)N1[C@H](c1ccccc1)CO2. The summed E-state index contributed by atoms with van der Waals surface area (Å²) >= 11 is 0. The number of hydrogen-bond acceptors (Lipinski definition) is 2. The highest BCUT2D eigenvalue weighted by Crippen LogP contribution is 2.44. The van der Waals surface area contributed by atoms with E-state index in [4.69, 9.17) is 4.74 Å². The number of hydrogen-bond donors (Lipinski definition) is 0. The molecule has 1 amide bonds. The molecule has 0 radical (unpaired) electrons. The minimum Gasteiger partial charge on any atom is -0.353 e. The molecule has 0 N–H and O–H groups in total. The molecule has 3 heteroatoms. The zero-order valence-corrected chi connectivity index (χ0v) is 11.5. The maximum atomic E-state index is 12.5. The average Bonchev–Trinajstić information content (AvgIpc) is 2.77. The van der Waals surface area contributed by atoms with E-state index < -0.39 is 0 Å². The van der Waals surface area contributed by atoms with Crippen LogP contribution in [0.2, 0.25) is 0 Å². The lowest BCUT2D eigenvalue weighted by Crippen LogP contribution is -2.47. The van der Waals surface area contributed by atoms with Crippen LogP contribution in [0.15, 0.2) is 30.3 Å². The fraction of sp³-hybridized carbons (Fsp3) is 0.562. The van der Waals surface area contributed by atoms with Crippen molar-refractivity contribution in [1.82, 2.24) is 4.90 Å². The van der Waals surface area contributed by atoms with Gasteiger partial charge in [-0.2, -0.15) is 0 Å². The Balaban J connectivity index is 1.98. The summed E-state index contributed by atoms with van der Waals surface area (Å²) < 4.78 is 6.12. The molecule has 19 heavy (non-hydrogen) atoms. The van der Waals surface area contributed by atoms with Gasteiger partial charge in [0.1, 0.15) is 5.72 Å². The lowest BCUT2D eigenvalue weighted by molar-refractivity contribution is -0.151. The van der Waals surface area contributed by atoms with E-state index in [1.807, 2.05) is 23.1 Å². The van der Waals surface area contributed by atoms with Gasteiger partial charge in [-0.3, -0.25) is 4.79 Å². The molecule has 1 aromatic carbocycles. The molecule has 0 spiro atoms. The van der Waals surface area contributed by atoms with Gasteiger partial charge >= 0.3 is 0 Å². The molecule has 2 saturated heterocycles. The first-order valence-electron chi connectivity index (χ1n) is 7.28. The smallest absolute Gasteiger partial charge is 0.225 e. The van der Waals surface area contributed by atoms with Crippen LogP contribution >= 0.6 is 0 Å². The predicted octanol–water partition coefficient (Wildman–Crippen LogP) is 3.27. The Labute approximate surface area is 114 Å². The van der Waals surface area contributed by atoms with Crippen molar-refractivity contribution in [1.29, 1.82) is 0 Å². The predicted molar refractivity (Wildman–Crippen MR) is 73.5 cm³/mol. The van der Waals surface area contributed by atoms with Gasteiger partial charge < -0.3 is 9.64 Å². The van der Waals surface area contributed by atoms with Gasteiger partial charge in [-0.15, -0.1) is 0 Å². The normalized spacial score (nSPS) is 31.1. The minimum absolute atomic E-state index is 0.0896. The number of ether oxygens (including phenoxy) is 1. The van der Waals surface area contributed by atoms with E-state index in [1.165, 1.54) is 5.56 Å². The van der Waals surface area contributed by atoms with Crippen molar-refractivity contribution in [3.05, 3.63) is 35.9 Å². The summed E-state index contributed by atoms with van der Waals surface area (Å²) in [6.45, 7) is 2.75. The number of amides is 1. The van der Waals surface area contributed by atoms with Gasteiger partial charge in [-0.25, -0.2) is 0 Å². The van der Waals surface area contributed by atoms with Gasteiger partial charge in [-0.1, -0.05) is 37.3 Å². The van der Waals surface area contributed by atoms with Crippen LogP contribution in [-0.4, -0.2) is 23.1 Å². The van der Waals surface area contributed by atoms with Gasteiger partial charge in [0.05, 0.1) is 12.6 Å². The van der Waals surface area contributed by atoms with E-state index in [2.05, 4.69) is 19.1 Å². The second-order valence-electron chi connectivity index (χ2n) is 5.51.